The van der Waals surface area contributed by atoms with E-state index in [0.717, 1.165) is 12.8 Å². The first-order valence-electron chi connectivity index (χ1n) is 17.5. The quantitative estimate of drug-likeness (QED) is 0.184. The van der Waals surface area contributed by atoms with Crippen LogP contribution >= 0.6 is 0 Å². The Bertz CT molecular complexity index is 2350. The summed E-state index contributed by atoms with van der Waals surface area (Å²) >= 11 is 0. The lowest BCUT2D eigenvalue weighted by Crippen LogP contribution is -2.29. The van der Waals surface area contributed by atoms with Crippen molar-refractivity contribution in [1.82, 2.24) is 0 Å². The molecule has 0 aliphatic heterocycles. The van der Waals surface area contributed by atoms with Gasteiger partial charge < -0.3 is 0 Å². The van der Waals surface area contributed by atoms with E-state index >= 15 is 0 Å². The summed E-state index contributed by atoms with van der Waals surface area (Å²) in [5.41, 5.74) is 16.0. The van der Waals surface area contributed by atoms with Gasteiger partial charge in [0, 0.05) is 0 Å². The fourth-order valence-corrected chi connectivity index (χ4v) is 8.61. The Morgan fingerprint density at radius 3 is 2.21 bits per heavy atom. The highest BCUT2D eigenvalue weighted by molar-refractivity contribution is 6.03. The van der Waals surface area contributed by atoms with E-state index < -0.39 is 5.41 Å². The van der Waals surface area contributed by atoms with Crippen molar-refractivity contribution in [2.75, 3.05) is 0 Å². The maximum absolute atomic E-state index is 2.56. The molecule has 236 valence electrons. The highest BCUT2D eigenvalue weighted by Gasteiger charge is 2.48. The van der Waals surface area contributed by atoms with Crippen LogP contribution in [0.3, 0.4) is 0 Å². The lowest BCUT2D eigenvalue weighted by atomic mass is 9.65. The van der Waals surface area contributed by atoms with E-state index in [1.165, 1.54) is 88.3 Å². The van der Waals surface area contributed by atoms with Crippen LogP contribution in [-0.2, 0) is 11.8 Å². The minimum absolute atomic E-state index is 0.178. The number of benzene rings is 6. The summed E-state index contributed by atoms with van der Waals surface area (Å²) in [6, 6.07) is 40.0. The zero-order valence-corrected chi connectivity index (χ0v) is 29.1. The third-order valence-electron chi connectivity index (χ3n) is 10.9. The van der Waals surface area contributed by atoms with Gasteiger partial charge in [-0.15, -0.1) is 0 Å². The summed E-state index contributed by atoms with van der Waals surface area (Å²) in [6.07, 6.45) is 13.6. The van der Waals surface area contributed by atoms with Gasteiger partial charge in [-0.05, 0) is 122 Å². The molecule has 8 rings (SSSR count). The van der Waals surface area contributed by atoms with Gasteiger partial charge in [0.1, 0.15) is 0 Å². The Kier molecular flexibility index (Phi) is 7.18. The molecule has 0 amide bonds. The van der Waals surface area contributed by atoms with E-state index in [0.29, 0.717) is 0 Å². The number of aryl methyl sites for hydroxylation is 2. The number of hydrogen-bond donors (Lipinski definition) is 0. The van der Waals surface area contributed by atoms with Crippen molar-refractivity contribution in [3.63, 3.8) is 0 Å². The van der Waals surface area contributed by atoms with Crippen LogP contribution in [0.5, 0.6) is 0 Å². The molecule has 0 fully saturated rings. The van der Waals surface area contributed by atoms with Crippen LogP contribution in [0.1, 0.15) is 91.1 Å². The third-order valence-corrected chi connectivity index (χ3v) is 10.9. The van der Waals surface area contributed by atoms with Gasteiger partial charge in [-0.25, -0.2) is 0 Å². The lowest BCUT2D eigenvalue weighted by molar-refractivity contribution is 0.484. The largest absolute Gasteiger partial charge is 0.0870 e. The first-order valence-corrected chi connectivity index (χ1v) is 17.5. The highest BCUT2D eigenvalue weighted by Crippen LogP contribution is 2.60. The summed E-state index contributed by atoms with van der Waals surface area (Å²) in [4.78, 5) is 0. The lowest BCUT2D eigenvalue weighted by Gasteiger charge is -2.36. The predicted molar refractivity (Wildman–Crippen MR) is 209 cm³/mol. The predicted octanol–water partition coefficient (Wildman–Crippen LogP) is 13.1. The topological polar surface area (TPSA) is 0 Å². The standard InChI is InChI=1S/C48H44/c1-7-11-32-21-26-44-45(41(32)12-8-2)43-25-20-33-13-9-10-14-42(33)46(43)48(44,39-23-18-34-27-31(3)15-16-35(34)29-39)40-24-19-36-28-38(47(4,5)6)22-17-37(36)30-40/h7-16,18-21,23-30H,17,22H2,1-6H3/b11-7-,12-8-. The molecule has 1 atom stereocenters. The second-order valence-electron chi connectivity index (χ2n) is 14.8. The van der Waals surface area contributed by atoms with Crippen LogP contribution in [0.25, 0.3) is 50.9 Å². The van der Waals surface area contributed by atoms with E-state index in [2.05, 4.69) is 175 Å². The van der Waals surface area contributed by atoms with Gasteiger partial charge in [0.2, 0.25) is 0 Å². The molecule has 6 aromatic rings. The van der Waals surface area contributed by atoms with E-state index in [4.69, 9.17) is 0 Å². The zero-order chi connectivity index (χ0) is 33.2. The second-order valence-corrected chi connectivity index (χ2v) is 14.8. The highest BCUT2D eigenvalue weighted by atomic mass is 14.5. The molecule has 2 aliphatic carbocycles. The molecule has 0 heterocycles. The SMILES string of the molecule is C/C=C\c1ccc2c(c1/C=C\C)-c1ccc3ccccc3c1C2(c1ccc2c(c1)CCC(C(C)(C)C)=C2)c1ccc2cc(C)ccc2c1. The van der Waals surface area contributed by atoms with Crippen molar-refractivity contribution in [3.05, 3.63) is 171 Å². The van der Waals surface area contributed by atoms with Gasteiger partial charge in [-0.1, -0.05) is 159 Å². The summed E-state index contributed by atoms with van der Waals surface area (Å²) in [5.74, 6) is 0. The third kappa shape index (κ3) is 4.57. The summed E-state index contributed by atoms with van der Waals surface area (Å²) in [6.45, 7) is 13.5. The second kappa shape index (κ2) is 11.3. The Morgan fingerprint density at radius 1 is 0.667 bits per heavy atom. The van der Waals surface area contributed by atoms with Crippen molar-refractivity contribution < 1.29 is 0 Å². The minimum atomic E-state index is -0.502. The molecule has 0 radical (unpaired) electrons. The van der Waals surface area contributed by atoms with E-state index in [1.54, 1.807) is 0 Å². The number of allylic oxidation sites excluding steroid dienone is 3. The van der Waals surface area contributed by atoms with E-state index in [1.807, 2.05) is 0 Å². The van der Waals surface area contributed by atoms with Crippen molar-refractivity contribution in [1.29, 1.82) is 0 Å². The zero-order valence-electron chi connectivity index (χ0n) is 29.1. The molecule has 0 nitrogen and oxygen atoms in total. The number of fused-ring (bicyclic) bond motifs is 7. The Labute approximate surface area is 286 Å². The van der Waals surface area contributed by atoms with Crippen molar-refractivity contribution in [2.24, 2.45) is 5.41 Å². The van der Waals surface area contributed by atoms with Crippen LogP contribution in [0.4, 0.5) is 0 Å². The van der Waals surface area contributed by atoms with E-state index in [-0.39, 0.29) is 5.41 Å². The fourth-order valence-electron chi connectivity index (χ4n) is 8.61. The molecule has 0 saturated carbocycles. The normalized spacial score (nSPS) is 17.2. The van der Waals surface area contributed by atoms with Crippen molar-refractivity contribution >= 4 is 39.8 Å². The first-order chi connectivity index (χ1) is 23.2. The van der Waals surface area contributed by atoms with Gasteiger partial charge in [-0.2, -0.15) is 0 Å². The fraction of sp³-hybridized carbons (Fsp3) is 0.208. The summed E-state index contributed by atoms with van der Waals surface area (Å²) < 4.78 is 0. The van der Waals surface area contributed by atoms with Crippen LogP contribution in [0.15, 0.2) is 121 Å². The van der Waals surface area contributed by atoms with Crippen LogP contribution in [0, 0.1) is 12.3 Å². The Hall–Kier alpha value is -4.94. The molecule has 0 N–H and O–H groups in total. The smallest absolute Gasteiger partial charge is 0.0720 e. The average Bonchev–Trinajstić information content (AvgIpc) is 3.40. The molecule has 0 bridgehead atoms. The van der Waals surface area contributed by atoms with Crippen LogP contribution in [0.2, 0.25) is 0 Å². The van der Waals surface area contributed by atoms with Gasteiger partial charge in [0.05, 0.1) is 5.41 Å². The summed E-state index contributed by atoms with van der Waals surface area (Å²) in [7, 11) is 0. The molecule has 0 saturated heterocycles. The Morgan fingerprint density at radius 2 is 1.40 bits per heavy atom. The first kappa shape index (κ1) is 30.4. The maximum atomic E-state index is 2.56. The molecule has 2 aliphatic rings. The molecule has 1 unspecified atom stereocenters. The number of hydrogen-bond acceptors (Lipinski definition) is 0. The van der Waals surface area contributed by atoms with Crippen molar-refractivity contribution in [2.45, 2.75) is 59.8 Å². The van der Waals surface area contributed by atoms with Gasteiger partial charge in [0.25, 0.3) is 0 Å². The molecular formula is C48H44. The van der Waals surface area contributed by atoms with Gasteiger partial charge >= 0.3 is 0 Å². The molecule has 48 heavy (non-hydrogen) atoms. The molecule has 0 heteroatoms. The maximum Gasteiger partial charge on any atom is 0.0720 e. The molecule has 0 spiro atoms. The van der Waals surface area contributed by atoms with Crippen molar-refractivity contribution in [3.8, 4) is 11.1 Å². The van der Waals surface area contributed by atoms with E-state index in [9.17, 15) is 0 Å². The minimum Gasteiger partial charge on any atom is -0.0870 e. The van der Waals surface area contributed by atoms with Crippen LogP contribution < -0.4 is 0 Å². The van der Waals surface area contributed by atoms with Gasteiger partial charge in [-0.3, -0.25) is 0 Å². The molecular weight excluding hydrogens is 577 g/mol. The summed E-state index contributed by atoms with van der Waals surface area (Å²) in [5, 5.41) is 5.17. The molecule has 6 aromatic carbocycles. The Balaban J connectivity index is 1.55. The van der Waals surface area contributed by atoms with Gasteiger partial charge in [0.15, 0.2) is 0 Å². The number of rotatable bonds is 4. The monoisotopic (exact) mass is 620 g/mol. The molecule has 0 aromatic heterocycles. The average molecular weight is 621 g/mol. The van der Waals surface area contributed by atoms with Crippen LogP contribution in [-0.4, -0.2) is 0 Å².